The maximum Gasteiger partial charge on any atom is 0.308 e. The minimum Gasteiger partial charge on any atom is -0.354 e. The summed E-state index contributed by atoms with van der Waals surface area (Å²) in [6.45, 7) is 0. The normalized spacial score (nSPS) is 10.6. The number of imidazole rings is 1. The van der Waals surface area contributed by atoms with Crippen LogP contribution in [0.25, 0.3) is 11.2 Å². The fourth-order valence-corrected chi connectivity index (χ4v) is 0.859. The number of H-pyrrole nitrogens is 2. The van der Waals surface area contributed by atoms with Crippen LogP contribution in [0.3, 0.4) is 0 Å². The van der Waals surface area contributed by atoms with E-state index >= 15 is 0 Å². The molecular weight excluding hydrogens is 149 g/mol. The summed E-state index contributed by atoms with van der Waals surface area (Å²) in [6, 6.07) is 0. The number of hydrogen-bond acceptors (Lipinski definition) is 3. The Morgan fingerprint density at radius 1 is 1.55 bits per heavy atom. The molecule has 2 aromatic rings. The Labute approximate surface area is 60.5 Å². The lowest BCUT2D eigenvalue weighted by Gasteiger charge is -1.85. The van der Waals surface area contributed by atoms with Crippen molar-refractivity contribution in [3.63, 3.8) is 0 Å². The van der Waals surface area contributed by atoms with Crippen molar-refractivity contribution in [3.8, 4) is 0 Å². The first kappa shape index (κ1) is 6.02. The molecular formula is C5H5FN5+. The molecule has 0 atom stereocenters. The third kappa shape index (κ3) is 0.794. The number of nitrogens with zero attached hydrogens (tertiary/aromatic N) is 2. The fourth-order valence-electron chi connectivity index (χ4n) is 0.859. The van der Waals surface area contributed by atoms with E-state index in [2.05, 4.69) is 19.9 Å². The van der Waals surface area contributed by atoms with E-state index in [9.17, 15) is 4.39 Å². The molecule has 0 aliphatic carbocycles. The smallest absolute Gasteiger partial charge is 0.308 e. The van der Waals surface area contributed by atoms with Crippen LogP contribution >= 0.6 is 0 Å². The van der Waals surface area contributed by atoms with E-state index in [1.54, 1.807) is 0 Å². The third-order valence-electron chi connectivity index (χ3n) is 1.31. The van der Waals surface area contributed by atoms with Crippen LogP contribution in [0.5, 0.6) is 0 Å². The second kappa shape index (κ2) is 1.88. The maximum atomic E-state index is 12.8. The van der Waals surface area contributed by atoms with Crippen LogP contribution in [-0.4, -0.2) is 15.0 Å². The second-order valence-corrected chi connectivity index (χ2v) is 2.03. The van der Waals surface area contributed by atoms with Crippen molar-refractivity contribution in [2.75, 3.05) is 5.73 Å². The van der Waals surface area contributed by atoms with Gasteiger partial charge in [0.25, 0.3) is 5.95 Å². The summed E-state index contributed by atoms with van der Waals surface area (Å²) in [5.41, 5.74) is 5.79. The molecule has 0 aliphatic rings. The van der Waals surface area contributed by atoms with Gasteiger partial charge in [0.05, 0.1) is 0 Å². The van der Waals surface area contributed by atoms with Gasteiger partial charge in [0, 0.05) is 0 Å². The van der Waals surface area contributed by atoms with Gasteiger partial charge in [0.15, 0.2) is 6.33 Å². The van der Waals surface area contributed by atoms with Gasteiger partial charge in [-0.05, 0) is 0 Å². The van der Waals surface area contributed by atoms with E-state index in [0.29, 0.717) is 5.65 Å². The van der Waals surface area contributed by atoms with Gasteiger partial charge in [0.2, 0.25) is 5.52 Å². The zero-order chi connectivity index (χ0) is 7.84. The minimum atomic E-state index is -0.645. The van der Waals surface area contributed by atoms with Crippen molar-refractivity contribution in [1.82, 2.24) is 15.0 Å². The molecule has 0 saturated heterocycles. The van der Waals surface area contributed by atoms with E-state index in [1.165, 1.54) is 6.33 Å². The van der Waals surface area contributed by atoms with E-state index < -0.39 is 5.95 Å². The molecule has 6 heteroatoms. The van der Waals surface area contributed by atoms with E-state index in [1.807, 2.05) is 0 Å². The lowest BCUT2D eigenvalue weighted by atomic mass is 10.5. The van der Waals surface area contributed by atoms with Crippen LogP contribution < -0.4 is 10.7 Å². The molecule has 0 aromatic carbocycles. The Balaban J connectivity index is 2.91. The molecule has 0 bridgehead atoms. The average molecular weight is 154 g/mol. The molecule has 5 nitrogen and oxygen atoms in total. The Morgan fingerprint density at radius 2 is 2.36 bits per heavy atom. The number of nitrogens with two attached hydrogens (primary N) is 1. The quantitative estimate of drug-likeness (QED) is 0.501. The lowest BCUT2D eigenvalue weighted by Crippen LogP contribution is -2.03. The van der Waals surface area contributed by atoms with E-state index in [-0.39, 0.29) is 11.5 Å². The van der Waals surface area contributed by atoms with Gasteiger partial charge in [-0.25, -0.2) is 4.98 Å². The predicted molar refractivity (Wildman–Crippen MR) is 34.8 cm³/mol. The Bertz CT molecular complexity index is 395. The van der Waals surface area contributed by atoms with Crippen molar-refractivity contribution in [2.24, 2.45) is 0 Å². The summed E-state index contributed by atoms with van der Waals surface area (Å²) in [5, 5.41) is 0. The van der Waals surface area contributed by atoms with Gasteiger partial charge in [-0.1, -0.05) is 4.98 Å². The molecule has 11 heavy (non-hydrogen) atoms. The highest BCUT2D eigenvalue weighted by molar-refractivity contribution is 5.66. The van der Waals surface area contributed by atoms with Gasteiger partial charge < -0.3 is 5.73 Å². The predicted octanol–water partition coefficient (Wildman–Crippen LogP) is -0.507. The summed E-state index contributed by atoms with van der Waals surface area (Å²) in [5.74, 6) is -0.723. The highest BCUT2D eigenvalue weighted by atomic mass is 19.1. The van der Waals surface area contributed by atoms with Crippen molar-refractivity contribution < 1.29 is 9.37 Å². The number of aromatic amines is 2. The molecule has 2 aromatic heterocycles. The molecule has 0 radical (unpaired) electrons. The molecule has 2 rings (SSSR count). The zero-order valence-electron chi connectivity index (χ0n) is 5.43. The lowest BCUT2D eigenvalue weighted by molar-refractivity contribution is -0.347. The van der Waals surface area contributed by atoms with Crippen LogP contribution in [0.4, 0.5) is 10.3 Å². The standard InChI is InChI=1S/C5H4FN5/c6-3-2-4(9-1-8-2)11-5(7)10-3/h1H,(H3,7,8,9,10,11)/p+1. The van der Waals surface area contributed by atoms with E-state index in [4.69, 9.17) is 5.73 Å². The van der Waals surface area contributed by atoms with Gasteiger partial charge >= 0.3 is 11.6 Å². The highest BCUT2D eigenvalue weighted by Gasteiger charge is 2.12. The number of halogens is 1. The topological polar surface area (TPSA) is 81.7 Å². The van der Waals surface area contributed by atoms with Crippen LogP contribution in [0.15, 0.2) is 6.33 Å². The average Bonchev–Trinajstić information content (AvgIpc) is 2.34. The number of anilines is 1. The number of nitrogens with one attached hydrogen (secondary N) is 2. The number of fused-ring (bicyclic) bond motifs is 1. The van der Waals surface area contributed by atoms with Crippen molar-refractivity contribution in [3.05, 3.63) is 12.3 Å². The van der Waals surface area contributed by atoms with Gasteiger partial charge in [-0.15, -0.1) is 0 Å². The molecule has 2 heterocycles. The van der Waals surface area contributed by atoms with Gasteiger partial charge in [0.1, 0.15) is 0 Å². The Kier molecular flexibility index (Phi) is 1.03. The van der Waals surface area contributed by atoms with Crippen LogP contribution in [-0.2, 0) is 0 Å². The minimum absolute atomic E-state index is 0.0779. The summed E-state index contributed by atoms with van der Waals surface area (Å²) in [7, 11) is 0. The zero-order valence-corrected chi connectivity index (χ0v) is 5.43. The molecule has 0 saturated carbocycles. The van der Waals surface area contributed by atoms with Crippen molar-refractivity contribution in [2.45, 2.75) is 0 Å². The van der Waals surface area contributed by atoms with Crippen molar-refractivity contribution >= 4 is 17.1 Å². The number of rotatable bonds is 0. The van der Waals surface area contributed by atoms with Crippen LogP contribution in [0.2, 0.25) is 0 Å². The Hall–Kier alpha value is -1.72. The number of hydrogen-bond donors (Lipinski definition) is 2. The largest absolute Gasteiger partial charge is 0.354 e. The highest BCUT2D eigenvalue weighted by Crippen LogP contribution is 2.06. The van der Waals surface area contributed by atoms with Crippen molar-refractivity contribution in [1.29, 1.82) is 0 Å². The summed E-state index contributed by atoms with van der Waals surface area (Å²) >= 11 is 0. The summed E-state index contributed by atoms with van der Waals surface area (Å²) in [4.78, 5) is 12.3. The summed E-state index contributed by atoms with van der Waals surface area (Å²) < 4.78 is 12.8. The maximum absolute atomic E-state index is 12.8. The second-order valence-electron chi connectivity index (χ2n) is 2.03. The number of aromatic nitrogens is 4. The fraction of sp³-hybridized carbons (Fsp3) is 0. The number of nitrogen functional groups attached to an aromatic ring is 1. The molecule has 0 spiro atoms. The molecule has 4 N–H and O–H groups in total. The van der Waals surface area contributed by atoms with Gasteiger partial charge in [-0.3, -0.25) is 4.98 Å². The Morgan fingerprint density at radius 3 is 3.18 bits per heavy atom. The van der Waals surface area contributed by atoms with E-state index in [0.717, 1.165) is 0 Å². The monoisotopic (exact) mass is 154 g/mol. The first-order valence-corrected chi connectivity index (χ1v) is 2.95. The first-order valence-electron chi connectivity index (χ1n) is 2.95. The molecule has 0 aliphatic heterocycles. The molecule has 0 unspecified atom stereocenters. The molecule has 0 amide bonds. The molecule has 56 valence electrons. The first-order chi connectivity index (χ1) is 5.27. The van der Waals surface area contributed by atoms with Gasteiger partial charge in [-0.2, -0.15) is 9.37 Å². The summed E-state index contributed by atoms with van der Waals surface area (Å²) in [6.07, 6.45) is 1.46. The van der Waals surface area contributed by atoms with Crippen LogP contribution in [0, 0.1) is 5.95 Å². The molecule has 0 fully saturated rings. The van der Waals surface area contributed by atoms with Crippen LogP contribution in [0.1, 0.15) is 0 Å². The SMILES string of the molecule is Nc1nc(F)c2[nH]c[nH+]c2n1. The third-order valence-corrected chi connectivity index (χ3v) is 1.31.